The number of ether oxygens (including phenoxy) is 1. The third kappa shape index (κ3) is 3.08. The third-order valence-electron chi connectivity index (χ3n) is 2.94. The van der Waals surface area contributed by atoms with Crippen LogP contribution in [0.15, 0.2) is 33.9 Å². The first-order valence-electron chi connectivity index (χ1n) is 6.18. The van der Waals surface area contributed by atoms with Gasteiger partial charge in [-0.3, -0.25) is 0 Å². The SMILES string of the molecule is Oc1ccc(-c2nnc(SCC3CCCO3)o2)cc1. The summed E-state index contributed by atoms with van der Waals surface area (Å²) < 4.78 is 11.1. The Morgan fingerprint density at radius 3 is 2.84 bits per heavy atom. The van der Waals surface area contributed by atoms with Gasteiger partial charge in [-0.25, -0.2) is 0 Å². The summed E-state index contributed by atoms with van der Waals surface area (Å²) in [5, 5.41) is 17.8. The first-order valence-corrected chi connectivity index (χ1v) is 7.17. The first kappa shape index (κ1) is 12.5. The molecule has 5 nitrogen and oxygen atoms in total. The van der Waals surface area contributed by atoms with Gasteiger partial charge in [0.15, 0.2) is 0 Å². The molecule has 0 bridgehead atoms. The summed E-state index contributed by atoms with van der Waals surface area (Å²) in [5.74, 6) is 1.53. The fraction of sp³-hybridized carbons (Fsp3) is 0.385. The van der Waals surface area contributed by atoms with Crippen LogP contribution >= 0.6 is 11.8 Å². The number of phenols is 1. The van der Waals surface area contributed by atoms with E-state index in [0.29, 0.717) is 17.2 Å². The van der Waals surface area contributed by atoms with Gasteiger partial charge in [0.1, 0.15) is 5.75 Å². The molecule has 19 heavy (non-hydrogen) atoms. The van der Waals surface area contributed by atoms with Crippen molar-refractivity contribution in [3.63, 3.8) is 0 Å². The number of aromatic hydroxyl groups is 1. The maximum absolute atomic E-state index is 9.23. The lowest BCUT2D eigenvalue weighted by molar-refractivity contribution is 0.128. The smallest absolute Gasteiger partial charge is 0.276 e. The van der Waals surface area contributed by atoms with Crippen LogP contribution in [0.5, 0.6) is 5.75 Å². The number of hydrogen-bond acceptors (Lipinski definition) is 6. The van der Waals surface area contributed by atoms with E-state index in [-0.39, 0.29) is 5.75 Å². The average Bonchev–Trinajstić information content (AvgIpc) is 3.09. The molecule has 0 spiro atoms. The molecule has 3 rings (SSSR count). The molecule has 6 heteroatoms. The van der Waals surface area contributed by atoms with E-state index in [1.165, 1.54) is 11.8 Å². The monoisotopic (exact) mass is 278 g/mol. The minimum atomic E-state index is 0.219. The van der Waals surface area contributed by atoms with Crippen molar-refractivity contribution in [2.24, 2.45) is 0 Å². The van der Waals surface area contributed by atoms with Crippen molar-refractivity contribution in [3.05, 3.63) is 24.3 Å². The summed E-state index contributed by atoms with van der Waals surface area (Å²) >= 11 is 1.52. The summed E-state index contributed by atoms with van der Waals surface area (Å²) in [6, 6.07) is 6.69. The van der Waals surface area contributed by atoms with E-state index >= 15 is 0 Å². The predicted octanol–water partition coefficient (Wildman–Crippen LogP) is 2.71. The molecule has 1 aliphatic rings. The summed E-state index contributed by atoms with van der Waals surface area (Å²) in [7, 11) is 0. The van der Waals surface area contributed by atoms with E-state index in [2.05, 4.69) is 10.2 Å². The second-order valence-corrected chi connectivity index (χ2v) is 5.34. The quantitative estimate of drug-likeness (QED) is 0.867. The van der Waals surface area contributed by atoms with Crippen molar-refractivity contribution < 1.29 is 14.3 Å². The fourth-order valence-corrected chi connectivity index (χ4v) is 2.76. The lowest BCUT2D eigenvalue weighted by Crippen LogP contribution is -2.07. The molecule has 1 aromatic carbocycles. The summed E-state index contributed by atoms with van der Waals surface area (Å²) in [4.78, 5) is 0. The standard InChI is InChI=1S/C13H14N2O3S/c16-10-5-3-9(4-6-10)12-14-15-13(18-12)19-8-11-2-1-7-17-11/h3-6,11,16H,1-2,7-8H2. The Kier molecular flexibility index (Phi) is 3.70. The van der Waals surface area contributed by atoms with E-state index < -0.39 is 0 Å². The number of hydrogen-bond donors (Lipinski definition) is 1. The van der Waals surface area contributed by atoms with Crippen LogP contribution in [0.3, 0.4) is 0 Å². The molecule has 2 heterocycles. The van der Waals surface area contributed by atoms with Crippen molar-refractivity contribution in [2.75, 3.05) is 12.4 Å². The van der Waals surface area contributed by atoms with Gasteiger partial charge in [0.25, 0.3) is 5.22 Å². The van der Waals surface area contributed by atoms with Gasteiger partial charge in [-0.15, -0.1) is 10.2 Å². The van der Waals surface area contributed by atoms with Crippen molar-refractivity contribution in [1.82, 2.24) is 10.2 Å². The highest BCUT2D eigenvalue weighted by Gasteiger charge is 2.17. The number of rotatable bonds is 4. The highest BCUT2D eigenvalue weighted by Crippen LogP contribution is 2.26. The highest BCUT2D eigenvalue weighted by atomic mass is 32.2. The minimum Gasteiger partial charge on any atom is -0.508 e. The maximum atomic E-state index is 9.23. The zero-order valence-corrected chi connectivity index (χ0v) is 11.1. The summed E-state index contributed by atoms with van der Waals surface area (Å²) in [6.45, 7) is 0.855. The molecule has 0 saturated carbocycles. The van der Waals surface area contributed by atoms with Gasteiger partial charge in [-0.2, -0.15) is 0 Å². The summed E-state index contributed by atoms with van der Waals surface area (Å²) in [6.07, 6.45) is 2.54. The van der Waals surface area contributed by atoms with Crippen LogP contribution in [0.4, 0.5) is 0 Å². The molecular weight excluding hydrogens is 264 g/mol. The Morgan fingerprint density at radius 1 is 1.26 bits per heavy atom. The largest absolute Gasteiger partial charge is 0.508 e. The van der Waals surface area contributed by atoms with E-state index in [4.69, 9.17) is 9.15 Å². The Hall–Kier alpha value is -1.53. The molecule has 1 N–H and O–H groups in total. The molecule has 1 atom stereocenters. The van der Waals surface area contributed by atoms with Crippen LogP contribution in [0, 0.1) is 0 Å². The molecule has 100 valence electrons. The van der Waals surface area contributed by atoms with Crippen molar-refractivity contribution >= 4 is 11.8 Å². The van der Waals surface area contributed by atoms with Crippen LogP contribution in [-0.2, 0) is 4.74 Å². The first-order chi connectivity index (χ1) is 9.31. The lowest BCUT2D eigenvalue weighted by atomic mass is 10.2. The van der Waals surface area contributed by atoms with Gasteiger partial charge in [0, 0.05) is 17.9 Å². The number of nitrogens with zero attached hydrogens (tertiary/aromatic N) is 2. The molecular formula is C13H14N2O3S. The van der Waals surface area contributed by atoms with E-state index in [9.17, 15) is 5.11 Å². The van der Waals surface area contributed by atoms with E-state index in [1.54, 1.807) is 24.3 Å². The van der Waals surface area contributed by atoms with Crippen molar-refractivity contribution in [3.8, 4) is 17.2 Å². The van der Waals surface area contributed by atoms with Gasteiger partial charge in [-0.05, 0) is 37.1 Å². The number of aromatic nitrogens is 2. The molecule has 1 aromatic heterocycles. The Morgan fingerprint density at radius 2 is 2.11 bits per heavy atom. The van der Waals surface area contributed by atoms with Crippen LogP contribution < -0.4 is 0 Å². The van der Waals surface area contributed by atoms with Gasteiger partial charge >= 0.3 is 0 Å². The normalized spacial score (nSPS) is 18.8. The second-order valence-electron chi connectivity index (χ2n) is 4.37. The Bertz CT molecular complexity index is 535. The third-order valence-corrected chi connectivity index (χ3v) is 3.89. The van der Waals surface area contributed by atoms with Crippen LogP contribution in [0.25, 0.3) is 11.5 Å². The Labute approximate surface area is 115 Å². The molecule has 1 unspecified atom stereocenters. The minimum absolute atomic E-state index is 0.219. The lowest BCUT2D eigenvalue weighted by Gasteiger charge is -2.05. The van der Waals surface area contributed by atoms with Crippen LogP contribution in [0.1, 0.15) is 12.8 Å². The molecule has 0 radical (unpaired) electrons. The number of phenolic OH excluding ortho intramolecular Hbond substituents is 1. The maximum Gasteiger partial charge on any atom is 0.276 e. The number of thioether (sulfide) groups is 1. The van der Waals surface area contributed by atoms with Gasteiger partial charge in [-0.1, -0.05) is 11.8 Å². The van der Waals surface area contributed by atoms with E-state index in [1.807, 2.05) is 0 Å². The van der Waals surface area contributed by atoms with Crippen LogP contribution in [-0.4, -0.2) is 33.8 Å². The molecule has 1 saturated heterocycles. The highest BCUT2D eigenvalue weighted by molar-refractivity contribution is 7.99. The average molecular weight is 278 g/mol. The molecule has 0 amide bonds. The summed E-state index contributed by atoms with van der Waals surface area (Å²) in [5.41, 5.74) is 0.800. The van der Waals surface area contributed by atoms with Crippen molar-refractivity contribution in [1.29, 1.82) is 0 Å². The van der Waals surface area contributed by atoms with Crippen molar-refractivity contribution in [2.45, 2.75) is 24.2 Å². The second kappa shape index (κ2) is 5.63. The zero-order chi connectivity index (χ0) is 13.1. The molecule has 1 aliphatic heterocycles. The molecule has 0 aliphatic carbocycles. The van der Waals surface area contributed by atoms with Crippen LogP contribution in [0.2, 0.25) is 0 Å². The van der Waals surface area contributed by atoms with E-state index in [0.717, 1.165) is 30.8 Å². The molecule has 1 fully saturated rings. The van der Waals surface area contributed by atoms with Gasteiger partial charge in [0.2, 0.25) is 5.89 Å². The Balaban J connectivity index is 1.63. The predicted molar refractivity (Wildman–Crippen MR) is 71.1 cm³/mol. The van der Waals surface area contributed by atoms with Gasteiger partial charge in [0.05, 0.1) is 6.10 Å². The topological polar surface area (TPSA) is 68.4 Å². The molecule has 2 aromatic rings. The zero-order valence-electron chi connectivity index (χ0n) is 10.3. The fourth-order valence-electron chi connectivity index (χ4n) is 1.93. The number of benzene rings is 1. The van der Waals surface area contributed by atoms with Gasteiger partial charge < -0.3 is 14.3 Å².